The number of aromatic nitrogens is 1. The van der Waals surface area contributed by atoms with Crippen molar-refractivity contribution in [1.82, 2.24) is 9.29 Å². The number of sulfonamides is 1. The molecular weight excluding hydrogens is 346 g/mol. The van der Waals surface area contributed by atoms with Crippen molar-refractivity contribution in [3.8, 4) is 0 Å². The first kappa shape index (κ1) is 17.1. The molecule has 1 N–H and O–H groups in total. The molecule has 1 amide bonds. The normalized spacial score (nSPS) is 15.1. The number of rotatable bonds is 4. The van der Waals surface area contributed by atoms with Crippen LogP contribution in [-0.4, -0.2) is 30.2 Å². The van der Waals surface area contributed by atoms with Crippen molar-refractivity contribution in [2.45, 2.75) is 32.6 Å². The van der Waals surface area contributed by atoms with Gasteiger partial charge in [0.1, 0.15) is 0 Å². The van der Waals surface area contributed by atoms with Crippen LogP contribution >= 0.6 is 11.3 Å². The number of aryl methyl sites for hydroxylation is 1. The van der Waals surface area contributed by atoms with Crippen LogP contribution in [0, 0.1) is 6.92 Å². The van der Waals surface area contributed by atoms with Crippen molar-refractivity contribution in [2.24, 2.45) is 0 Å². The molecule has 8 heteroatoms. The summed E-state index contributed by atoms with van der Waals surface area (Å²) < 4.78 is 26.9. The van der Waals surface area contributed by atoms with Crippen molar-refractivity contribution in [2.75, 3.05) is 11.9 Å². The highest BCUT2D eigenvalue weighted by Gasteiger charge is 2.29. The number of nitrogens with zero attached hydrogens (tertiary/aromatic N) is 2. The molecule has 0 aliphatic carbocycles. The maximum Gasteiger partial charge on any atom is 0.223 e. The molecular formula is C16H19N3O3S2. The van der Waals surface area contributed by atoms with Crippen molar-refractivity contribution < 1.29 is 13.2 Å². The van der Waals surface area contributed by atoms with Crippen LogP contribution in [0.15, 0.2) is 24.3 Å². The van der Waals surface area contributed by atoms with E-state index in [0.717, 1.165) is 21.7 Å². The average Bonchev–Trinajstić information content (AvgIpc) is 2.87. The predicted octanol–water partition coefficient (Wildman–Crippen LogP) is 2.30. The molecule has 128 valence electrons. The quantitative estimate of drug-likeness (QED) is 0.902. The van der Waals surface area contributed by atoms with Crippen LogP contribution in [0.2, 0.25) is 0 Å². The van der Waals surface area contributed by atoms with Gasteiger partial charge in [-0.25, -0.2) is 13.4 Å². The monoisotopic (exact) mass is 365 g/mol. The van der Waals surface area contributed by atoms with E-state index in [9.17, 15) is 13.2 Å². The number of benzene rings is 1. The summed E-state index contributed by atoms with van der Waals surface area (Å²) in [6, 6.07) is 7.55. The van der Waals surface area contributed by atoms with Crippen LogP contribution in [-0.2, 0) is 33.5 Å². The molecule has 0 atom stereocenters. The second-order valence-electron chi connectivity index (χ2n) is 5.90. The maximum absolute atomic E-state index is 12.7. The highest BCUT2D eigenvalue weighted by molar-refractivity contribution is 7.88. The lowest BCUT2D eigenvalue weighted by Crippen LogP contribution is -2.36. The second-order valence-corrected chi connectivity index (χ2v) is 8.95. The van der Waals surface area contributed by atoms with Crippen LogP contribution in [0.4, 0.5) is 5.13 Å². The molecule has 0 fully saturated rings. The smallest absolute Gasteiger partial charge is 0.223 e. The molecule has 0 saturated carbocycles. The average molecular weight is 365 g/mol. The van der Waals surface area contributed by atoms with E-state index in [1.807, 2.05) is 31.2 Å². The standard InChI is InChI=1S/C16H19N3O3S2/c1-11-4-3-5-13(8-11)10-24(21,22)19-7-6-14-15(9-19)23-16(18-14)17-12(2)20/h3-5,8H,6-7,9-10H2,1-2H3,(H,17,18,20). The topological polar surface area (TPSA) is 79.4 Å². The number of fused-ring (bicyclic) bond motifs is 1. The van der Waals surface area contributed by atoms with Gasteiger partial charge in [0.2, 0.25) is 15.9 Å². The summed E-state index contributed by atoms with van der Waals surface area (Å²) in [5.74, 6) is -0.175. The minimum atomic E-state index is -3.38. The van der Waals surface area contributed by atoms with Gasteiger partial charge >= 0.3 is 0 Å². The fourth-order valence-electron chi connectivity index (χ4n) is 2.72. The second kappa shape index (κ2) is 6.62. The fraction of sp³-hybridized carbons (Fsp3) is 0.375. The van der Waals surface area contributed by atoms with E-state index in [0.29, 0.717) is 24.6 Å². The molecule has 1 aromatic carbocycles. The number of nitrogens with one attached hydrogen (secondary N) is 1. The van der Waals surface area contributed by atoms with Gasteiger partial charge in [0.05, 0.1) is 11.4 Å². The molecule has 1 aliphatic rings. The van der Waals surface area contributed by atoms with Gasteiger partial charge in [-0.15, -0.1) is 11.3 Å². The lowest BCUT2D eigenvalue weighted by atomic mass is 10.2. The fourth-order valence-corrected chi connectivity index (χ4v) is 5.35. The molecule has 0 radical (unpaired) electrons. The van der Waals surface area contributed by atoms with Crippen molar-refractivity contribution in [3.63, 3.8) is 0 Å². The molecule has 0 saturated heterocycles. The molecule has 2 heterocycles. The van der Waals surface area contributed by atoms with Gasteiger partial charge in [0, 0.05) is 31.3 Å². The first-order valence-electron chi connectivity index (χ1n) is 7.63. The van der Waals surface area contributed by atoms with Gasteiger partial charge in [-0.1, -0.05) is 29.8 Å². The third kappa shape index (κ3) is 3.82. The maximum atomic E-state index is 12.7. The number of carbonyl (C=O) groups is 1. The Morgan fingerprint density at radius 1 is 1.42 bits per heavy atom. The van der Waals surface area contributed by atoms with Gasteiger partial charge in [-0.3, -0.25) is 4.79 Å². The molecule has 0 unspecified atom stereocenters. The van der Waals surface area contributed by atoms with E-state index in [1.54, 1.807) is 0 Å². The van der Waals surface area contributed by atoms with Crippen LogP contribution < -0.4 is 5.32 Å². The van der Waals surface area contributed by atoms with Crippen molar-refractivity contribution in [1.29, 1.82) is 0 Å². The van der Waals surface area contributed by atoms with Crippen molar-refractivity contribution in [3.05, 3.63) is 46.0 Å². The first-order chi connectivity index (χ1) is 11.3. The van der Waals surface area contributed by atoms with Crippen LogP contribution in [0.1, 0.15) is 28.6 Å². The molecule has 0 spiro atoms. The summed E-state index contributed by atoms with van der Waals surface area (Å²) in [6.07, 6.45) is 0.568. The van der Waals surface area contributed by atoms with Gasteiger partial charge in [-0.05, 0) is 12.5 Å². The number of amides is 1. The minimum Gasteiger partial charge on any atom is -0.302 e. The molecule has 3 rings (SSSR count). The highest BCUT2D eigenvalue weighted by Crippen LogP contribution is 2.30. The summed E-state index contributed by atoms with van der Waals surface area (Å²) in [6.45, 7) is 4.12. The third-order valence-corrected chi connectivity index (χ3v) is 6.60. The van der Waals surface area contributed by atoms with Crippen LogP contribution in [0.5, 0.6) is 0 Å². The number of hydrogen-bond donors (Lipinski definition) is 1. The first-order valence-corrected chi connectivity index (χ1v) is 10.1. The Morgan fingerprint density at radius 3 is 2.92 bits per heavy atom. The minimum absolute atomic E-state index is 0.00136. The lowest BCUT2D eigenvalue weighted by molar-refractivity contribution is -0.114. The summed E-state index contributed by atoms with van der Waals surface area (Å²) in [5.41, 5.74) is 2.72. The van der Waals surface area contributed by atoms with Gasteiger partial charge in [0.15, 0.2) is 5.13 Å². The van der Waals surface area contributed by atoms with Crippen LogP contribution in [0.25, 0.3) is 0 Å². The van der Waals surface area contributed by atoms with E-state index in [1.165, 1.54) is 22.6 Å². The molecule has 1 aromatic heterocycles. The molecule has 1 aliphatic heterocycles. The number of hydrogen-bond acceptors (Lipinski definition) is 5. The van der Waals surface area contributed by atoms with Crippen LogP contribution in [0.3, 0.4) is 0 Å². The van der Waals surface area contributed by atoms with Gasteiger partial charge in [-0.2, -0.15) is 4.31 Å². The Morgan fingerprint density at radius 2 is 2.21 bits per heavy atom. The largest absolute Gasteiger partial charge is 0.302 e. The van der Waals surface area contributed by atoms with E-state index >= 15 is 0 Å². The van der Waals surface area contributed by atoms with Gasteiger partial charge in [0.25, 0.3) is 0 Å². The predicted molar refractivity (Wildman–Crippen MR) is 94.3 cm³/mol. The molecule has 6 nitrogen and oxygen atoms in total. The number of anilines is 1. The third-order valence-electron chi connectivity index (χ3n) is 3.80. The van der Waals surface area contributed by atoms with E-state index in [4.69, 9.17) is 0 Å². The van der Waals surface area contributed by atoms with E-state index < -0.39 is 10.0 Å². The zero-order valence-corrected chi connectivity index (χ0v) is 15.2. The molecule has 2 aromatic rings. The Balaban J connectivity index is 1.76. The van der Waals surface area contributed by atoms with E-state index in [-0.39, 0.29) is 11.7 Å². The number of carbonyl (C=O) groups excluding carboxylic acids is 1. The Hall–Kier alpha value is -1.77. The Kier molecular flexibility index (Phi) is 4.71. The Labute approximate surface area is 145 Å². The lowest BCUT2D eigenvalue weighted by Gasteiger charge is -2.25. The molecule has 0 bridgehead atoms. The summed E-state index contributed by atoms with van der Waals surface area (Å²) in [5, 5.41) is 3.19. The van der Waals surface area contributed by atoms with Gasteiger partial charge < -0.3 is 5.32 Å². The summed E-state index contributed by atoms with van der Waals surface area (Å²) in [4.78, 5) is 16.4. The Bertz CT molecular complexity index is 874. The highest BCUT2D eigenvalue weighted by atomic mass is 32.2. The zero-order chi connectivity index (χ0) is 17.3. The van der Waals surface area contributed by atoms with Crippen molar-refractivity contribution >= 4 is 32.4 Å². The molecule has 24 heavy (non-hydrogen) atoms. The summed E-state index contributed by atoms with van der Waals surface area (Å²) >= 11 is 1.34. The SMILES string of the molecule is CC(=O)Nc1nc2c(s1)CN(S(=O)(=O)Cc1cccc(C)c1)CC2. The zero-order valence-electron chi connectivity index (χ0n) is 13.6. The summed E-state index contributed by atoms with van der Waals surface area (Å²) in [7, 11) is -3.38. The van der Waals surface area contributed by atoms with E-state index in [2.05, 4.69) is 10.3 Å². The number of thiazole rings is 1.